The van der Waals surface area contributed by atoms with Crippen LogP contribution in [0.2, 0.25) is 15.1 Å². The molecule has 0 saturated heterocycles. The molecule has 0 saturated carbocycles. The van der Waals surface area contributed by atoms with E-state index in [4.69, 9.17) is 44.3 Å². The van der Waals surface area contributed by atoms with E-state index in [0.29, 0.717) is 31.9 Å². The van der Waals surface area contributed by atoms with Crippen molar-refractivity contribution in [1.82, 2.24) is 0 Å². The smallest absolute Gasteiger partial charge is 0.363 e. The van der Waals surface area contributed by atoms with Crippen LogP contribution in [-0.4, -0.2) is 19.0 Å². The maximum absolute atomic E-state index is 12.0. The van der Waals surface area contributed by atoms with E-state index >= 15 is 0 Å². The van der Waals surface area contributed by atoms with Crippen molar-refractivity contribution in [3.8, 4) is 5.75 Å². The van der Waals surface area contributed by atoms with Gasteiger partial charge in [0, 0.05) is 10.0 Å². The number of esters is 1. The number of ether oxygens (including phenoxy) is 2. The lowest BCUT2D eigenvalue weighted by atomic mass is 10.2. The molecule has 1 heterocycles. The first kappa shape index (κ1) is 16.8. The van der Waals surface area contributed by atoms with Gasteiger partial charge in [-0.05, 0) is 42.0 Å². The molecule has 2 aromatic rings. The minimum atomic E-state index is -0.581. The summed E-state index contributed by atoms with van der Waals surface area (Å²) < 4.78 is 10.3. The fourth-order valence-corrected chi connectivity index (χ4v) is 2.80. The fourth-order valence-electron chi connectivity index (χ4n) is 2.09. The van der Waals surface area contributed by atoms with Crippen LogP contribution in [0.4, 0.5) is 0 Å². The Hall–Kier alpha value is -2.01. The molecule has 24 heavy (non-hydrogen) atoms. The molecule has 122 valence electrons. The zero-order valence-electron chi connectivity index (χ0n) is 12.3. The Balaban J connectivity index is 1.97. The van der Waals surface area contributed by atoms with Crippen molar-refractivity contribution in [1.29, 1.82) is 0 Å². The molecule has 0 amide bonds. The van der Waals surface area contributed by atoms with Gasteiger partial charge in [0.05, 0.1) is 17.7 Å². The van der Waals surface area contributed by atoms with Crippen LogP contribution in [-0.2, 0) is 9.53 Å². The third-order valence-corrected chi connectivity index (χ3v) is 4.16. The van der Waals surface area contributed by atoms with Gasteiger partial charge in [-0.2, -0.15) is 0 Å². The Morgan fingerprint density at radius 2 is 1.88 bits per heavy atom. The molecule has 0 atom stereocenters. The summed E-state index contributed by atoms with van der Waals surface area (Å²) in [5.41, 5.74) is 1.23. The van der Waals surface area contributed by atoms with Crippen LogP contribution >= 0.6 is 34.8 Å². The number of methoxy groups -OCH3 is 1. The van der Waals surface area contributed by atoms with Crippen molar-refractivity contribution in [3.63, 3.8) is 0 Å². The summed E-state index contributed by atoms with van der Waals surface area (Å²) in [6.07, 6.45) is 1.53. The first-order chi connectivity index (χ1) is 11.5. The second kappa shape index (κ2) is 6.85. The minimum Gasteiger partial charge on any atom is -0.497 e. The van der Waals surface area contributed by atoms with Gasteiger partial charge in [-0.3, -0.25) is 0 Å². The van der Waals surface area contributed by atoms with Gasteiger partial charge in [0.2, 0.25) is 5.90 Å². The van der Waals surface area contributed by atoms with Gasteiger partial charge >= 0.3 is 5.97 Å². The molecule has 0 spiro atoms. The molecule has 0 aliphatic carbocycles. The van der Waals surface area contributed by atoms with Gasteiger partial charge in [0.1, 0.15) is 5.75 Å². The summed E-state index contributed by atoms with van der Waals surface area (Å²) in [6, 6.07) is 9.94. The number of benzene rings is 2. The summed E-state index contributed by atoms with van der Waals surface area (Å²) in [7, 11) is 1.54. The average molecular weight is 383 g/mol. The van der Waals surface area contributed by atoms with E-state index in [9.17, 15) is 4.79 Å². The standard InChI is InChI=1S/C17H10Cl3NO3/c1-23-11-4-5-12(14(20)8-11)16-21-15(17(22)24-16)6-9-2-3-10(18)7-13(9)19/h2-8H,1H3. The zero-order valence-corrected chi connectivity index (χ0v) is 14.6. The number of hydrogen-bond acceptors (Lipinski definition) is 4. The molecule has 0 radical (unpaired) electrons. The number of carbonyl (C=O) groups excluding carboxylic acids is 1. The van der Waals surface area contributed by atoms with Crippen LogP contribution in [0.5, 0.6) is 5.75 Å². The van der Waals surface area contributed by atoms with Gasteiger partial charge in [0.15, 0.2) is 5.70 Å². The summed E-state index contributed by atoms with van der Waals surface area (Å²) in [6.45, 7) is 0. The Bertz CT molecular complexity index is 891. The largest absolute Gasteiger partial charge is 0.497 e. The monoisotopic (exact) mass is 381 g/mol. The van der Waals surface area contributed by atoms with E-state index in [1.54, 1.807) is 36.4 Å². The maximum atomic E-state index is 12.0. The molecule has 1 aliphatic heterocycles. The molecule has 0 N–H and O–H groups in total. The topological polar surface area (TPSA) is 47.9 Å². The van der Waals surface area contributed by atoms with Crippen molar-refractivity contribution in [2.24, 2.45) is 4.99 Å². The Labute approximate surface area is 153 Å². The van der Waals surface area contributed by atoms with E-state index < -0.39 is 5.97 Å². The number of halogens is 3. The summed E-state index contributed by atoms with van der Waals surface area (Å²) >= 11 is 18.1. The Morgan fingerprint density at radius 1 is 1.08 bits per heavy atom. The number of hydrogen-bond donors (Lipinski definition) is 0. The van der Waals surface area contributed by atoms with Crippen molar-refractivity contribution < 1.29 is 14.3 Å². The highest BCUT2D eigenvalue weighted by atomic mass is 35.5. The number of nitrogens with zero attached hydrogens (tertiary/aromatic N) is 1. The minimum absolute atomic E-state index is 0.126. The summed E-state index contributed by atoms with van der Waals surface area (Å²) in [5.74, 6) is 0.143. The fraction of sp³-hybridized carbons (Fsp3) is 0.0588. The molecular formula is C17H10Cl3NO3. The summed E-state index contributed by atoms with van der Waals surface area (Å²) in [5, 5.41) is 1.28. The molecule has 4 nitrogen and oxygen atoms in total. The second-order valence-corrected chi connectivity index (χ2v) is 6.10. The normalized spacial score (nSPS) is 15.4. The van der Waals surface area contributed by atoms with Gasteiger partial charge in [-0.1, -0.05) is 40.9 Å². The highest BCUT2D eigenvalue weighted by Crippen LogP contribution is 2.28. The number of rotatable bonds is 3. The van der Waals surface area contributed by atoms with Crippen LogP contribution in [0.15, 0.2) is 47.1 Å². The van der Waals surface area contributed by atoms with Crippen LogP contribution in [0.25, 0.3) is 6.08 Å². The van der Waals surface area contributed by atoms with E-state index in [2.05, 4.69) is 4.99 Å². The highest BCUT2D eigenvalue weighted by molar-refractivity contribution is 6.36. The zero-order chi connectivity index (χ0) is 17.3. The van der Waals surface area contributed by atoms with Crippen LogP contribution in [0, 0.1) is 0 Å². The molecular weight excluding hydrogens is 373 g/mol. The molecule has 0 unspecified atom stereocenters. The first-order valence-electron chi connectivity index (χ1n) is 6.79. The summed E-state index contributed by atoms with van der Waals surface area (Å²) in [4.78, 5) is 16.2. The van der Waals surface area contributed by atoms with Crippen LogP contribution < -0.4 is 4.74 Å². The third-order valence-electron chi connectivity index (χ3n) is 3.28. The lowest BCUT2D eigenvalue weighted by molar-refractivity contribution is -0.129. The molecule has 0 aromatic heterocycles. The molecule has 1 aliphatic rings. The van der Waals surface area contributed by atoms with Gasteiger partial charge in [0.25, 0.3) is 0 Å². The van der Waals surface area contributed by atoms with Gasteiger partial charge < -0.3 is 9.47 Å². The predicted octanol–water partition coefficient (Wildman–Crippen LogP) is 5.00. The van der Waals surface area contributed by atoms with Crippen molar-refractivity contribution in [2.75, 3.05) is 7.11 Å². The molecule has 7 heteroatoms. The molecule has 2 aromatic carbocycles. The maximum Gasteiger partial charge on any atom is 0.363 e. The molecule has 0 fully saturated rings. The average Bonchev–Trinajstić information content (AvgIpc) is 2.90. The van der Waals surface area contributed by atoms with E-state index in [1.165, 1.54) is 13.2 Å². The van der Waals surface area contributed by atoms with Gasteiger partial charge in [-0.25, -0.2) is 9.79 Å². The Kier molecular flexibility index (Phi) is 4.81. The number of cyclic esters (lactones) is 1. The quantitative estimate of drug-likeness (QED) is 0.554. The first-order valence-corrected chi connectivity index (χ1v) is 7.93. The molecule has 0 bridgehead atoms. The third kappa shape index (κ3) is 3.41. The predicted molar refractivity (Wildman–Crippen MR) is 95.1 cm³/mol. The lowest BCUT2D eigenvalue weighted by Crippen LogP contribution is -2.06. The lowest BCUT2D eigenvalue weighted by Gasteiger charge is -2.05. The van der Waals surface area contributed by atoms with Crippen molar-refractivity contribution in [3.05, 3.63) is 68.3 Å². The second-order valence-electron chi connectivity index (χ2n) is 4.85. The van der Waals surface area contributed by atoms with Crippen LogP contribution in [0.3, 0.4) is 0 Å². The van der Waals surface area contributed by atoms with E-state index in [0.717, 1.165) is 0 Å². The number of aliphatic imine (C=N–C) groups is 1. The Morgan fingerprint density at radius 3 is 2.54 bits per heavy atom. The highest BCUT2D eigenvalue weighted by Gasteiger charge is 2.26. The van der Waals surface area contributed by atoms with Crippen LogP contribution in [0.1, 0.15) is 11.1 Å². The molecule has 3 rings (SSSR count). The van der Waals surface area contributed by atoms with Gasteiger partial charge in [-0.15, -0.1) is 0 Å². The van der Waals surface area contributed by atoms with Crippen molar-refractivity contribution >= 4 is 52.7 Å². The van der Waals surface area contributed by atoms with Crippen molar-refractivity contribution in [2.45, 2.75) is 0 Å². The SMILES string of the molecule is COc1ccc(C2=NC(=Cc3ccc(Cl)cc3Cl)C(=O)O2)c(Cl)c1. The number of carbonyl (C=O) groups is 1. The van der Waals surface area contributed by atoms with E-state index in [1.807, 2.05) is 0 Å². The van der Waals surface area contributed by atoms with E-state index in [-0.39, 0.29) is 11.6 Å².